The van der Waals surface area contributed by atoms with E-state index >= 15 is 0 Å². The maximum atomic E-state index is 13.2. The molecule has 0 aliphatic carbocycles. The van der Waals surface area contributed by atoms with Crippen molar-refractivity contribution in [2.45, 2.75) is 51.0 Å². The van der Waals surface area contributed by atoms with E-state index in [9.17, 15) is 8.78 Å². The number of hydrogen-bond acceptors (Lipinski definition) is 8. The van der Waals surface area contributed by atoms with Crippen LogP contribution in [-0.4, -0.2) is 51.4 Å². The number of nitrogens with one attached hydrogen (secondary N) is 1. The minimum absolute atomic E-state index is 0.0157. The van der Waals surface area contributed by atoms with Gasteiger partial charge in [-0.1, -0.05) is 35.9 Å². The summed E-state index contributed by atoms with van der Waals surface area (Å²) < 4.78 is 58.9. The molecule has 270 valence electrons. The van der Waals surface area contributed by atoms with Crippen molar-refractivity contribution in [1.82, 2.24) is 29.4 Å². The predicted octanol–water partition coefficient (Wildman–Crippen LogP) is 7.49. The van der Waals surface area contributed by atoms with Gasteiger partial charge >= 0.3 is 25.3 Å². The monoisotopic (exact) mass is 889 g/mol. The second kappa shape index (κ2) is 19.6. The summed E-state index contributed by atoms with van der Waals surface area (Å²) in [5.41, 5.74) is 4.92. The number of hydrogen-bond donors (Lipinski definition) is 1. The van der Waals surface area contributed by atoms with Crippen LogP contribution in [0.2, 0.25) is 5.15 Å². The molecule has 2 unspecified atom stereocenters. The van der Waals surface area contributed by atoms with Crippen LogP contribution in [0.5, 0.6) is 0 Å². The predicted molar refractivity (Wildman–Crippen MR) is 180 cm³/mol. The first-order chi connectivity index (χ1) is 24.2. The summed E-state index contributed by atoms with van der Waals surface area (Å²) in [4.78, 5) is 12.6. The van der Waals surface area contributed by atoms with Gasteiger partial charge in [0.25, 0.3) is 0 Å². The first-order valence-electron chi connectivity index (χ1n) is 16.0. The van der Waals surface area contributed by atoms with Crippen LogP contribution in [0.1, 0.15) is 79.1 Å². The molecular formula is C36H41ClF2N6O4Pt. The molecule has 10 nitrogen and oxygen atoms in total. The molecule has 4 heterocycles. The number of nitrogens with zero attached hydrogens (tertiary/aromatic N) is 5. The number of halogens is 3. The molecule has 50 heavy (non-hydrogen) atoms. The van der Waals surface area contributed by atoms with E-state index in [4.69, 9.17) is 27.9 Å². The van der Waals surface area contributed by atoms with Crippen LogP contribution < -0.4 is 5.32 Å². The van der Waals surface area contributed by atoms with Gasteiger partial charge in [-0.25, -0.2) is 23.7 Å². The van der Waals surface area contributed by atoms with Gasteiger partial charge < -0.3 is 23.9 Å². The first-order valence-corrected chi connectivity index (χ1v) is 18.2. The van der Waals surface area contributed by atoms with E-state index in [1.54, 1.807) is 51.1 Å². The summed E-state index contributed by atoms with van der Waals surface area (Å²) in [5.74, 6) is 0.0337. The van der Waals surface area contributed by atoms with E-state index in [0.29, 0.717) is 11.1 Å². The molecule has 0 bridgehead atoms. The Labute approximate surface area is 304 Å². The van der Waals surface area contributed by atoms with Crippen LogP contribution in [0.25, 0.3) is 0 Å². The van der Waals surface area contributed by atoms with E-state index in [0.717, 1.165) is 54.0 Å². The molecule has 1 aliphatic heterocycles. The number of rotatable bonds is 10. The van der Waals surface area contributed by atoms with Crippen molar-refractivity contribution in [2.24, 2.45) is 5.92 Å². The van der Waals surface area contributed by atoms with E-state index < -0.39 is 18.5 Å². The van der Waals surface area contributed by atoms with Gasteiger partial charge in [0.2, 0.25) is 0 Å². The summed E-state index contributed by atoms with van der Waals surface area (Å²) in [6.45, 7) is 6.20. The molecular weight excluding hydrogens is 849 g/mol. The van der Waals surface area contributed by atoms with Crippen LogP contribution in [0.15, 0.2) is 91.9 Å². The van der Waals surface area contributed by atoms with Gasteiger partial charge in [-0.3, -0.25) is 0 Å². The van der Waals surface area contributed by atoms with Gasteiger partial charge in [-0.15, -0.1) is 0 Å². The van der Waals surface area contributed by atoms with Crippen LogP contribution in [0.4, 0.5) is 8.78 Å². The molecule has 14 heteroatoms. The van der Waals surface area contributed by atoms with E-state index in [-0.39, 0.29) is 35.9 Å². The van der Waals surface area contributed by atoms with Crippen molar-refractivity contribution in [3.63, 3.8) is 0 Å². The average molecular weight is 890 g/mol. The molecule has 1 N–H and O–H groups in total. The zero-order valence-corrected chi connectivity index (χ0v) is 31.2. The molecule has 3 aromatic heterocycles. The third-order valence-corrected chi connectivity index (χ3v) is 9.05. The molecule has 6 rings (SSSR count). The van der Waals surface area contributed by atoms with E-state index in [1.807, 2.05) is 42.2 Å². The van der Waals surface area contributed by atoms with Crippen LogP contribution in [-0.2, 0) is 34.8 Å². The number of piperidine rings is 1. The zero-order chi connectivity index (χ0) is 36.0. The van der Waals surface area contributed by atoms with Gasteiger partial charge in [-0.05, 0) is 98.8 Å². The van der Waals surface area contributed by atoms with Gasteiger partial charge in [0, 0.05) is 20.4 Å². The Balaban J connectivity index is 0.000000209. The summed E-state index contributed by atoms with van der Waals surface area (Å²) >= 11 is 4.08. The van der Waals surface area contributed by atoms with Gasteiger partial charge in [0.15, 0.2) is 0 Å². The number of benzene rings is 2. The topological polar surface area (TPSA) is 113 Å². The Kier molecular flexibility index (Phi) is 15.4. The molecule has 1 saturated heterocycles. The zero-order valence-electron chi connectivity index (χ0n) is 28.2. The molecule has 2 aromatic carbocycles. The SMILES string of the molecule is COC(c1ccnc(Cl)c1)c1cncn1[C@H](C)c1ccc(F)cc1.COC(c1cncn1[C@H](C)c1ccc(F)cc1)C1CCNCC1.[O]=[Pt]=[O]. The van der Waals surface area contributed by atoms with Crippen LogP contribution in [0, 0.1) is 17.6 Å². The second-order valence-electron chi connectivity index (χ2n) is 11.7. The van der Waals surface area contributed by atoms with Crippen molar-refractivity contribution in [3.8, 4) is 0 Å². The normalized spacial score (nSPS) is 15.6. The molecule has 5 aromatic rings. The van der Waals surface area contributed by atoms with Crippen LogP contribution >= 0.6 is 11.6 Å². The quantitative estimate of drug-likeness (QED) is 0.144. The molecule has 1 fully saturated rings. The summed E-state index contributed by atoms with van der Waals surface area (Å²) in [6.07, 6.45) is 10.8. The standard InChI is InChI=1S/C18H17ClFN3O.C18H24FN3O.2O.Pt/c1-12(13-3-5-15(20)6-4-13)23-11-21-10-16(23)18(24-2)14-7-8-22-17(19)9-14;1-13(14-3-5-16(19)6-4-14)22-12-21-11-17(22)18(23-2)15-7-9-20-10-8-15;;;/h3-12,18H,1-2H3;3-6,11-13,15,18,20H,7-10H2,1-2H3;;;/t12-,18?;13-,18?;;;/m11.../s1. The Morgan fingerprint density at radius 2 is 1.30 bits per heavy atom. The number of methoxy groups -OCH3 is 2. The Morgan fingerprint density at radius 1 is 0.800 bits per heavy atom. The molecule has 4 atom stereocenters. The van der Waals surface area contributed by atoms with Crippen molar-refractivity contribution >= 4 is 11.6 Å². The van der Waals surface area contributed by atoms with Crippen molar-refractivity contribution in [1.29, 1.82) is 0 Å². The fourth-order valence-electron chi connectivity index (χ4n) is 6.21. The minimum atomic E-state index is -1.92. The van der Waals surface area contributed by atoms with Crippen LogP contribution in [0.3, 0.4) is 0 Å². The number of aromatic nitrogens is 5. The number of imidazole rings is 2. The molecule has 0 spiro atoms. The molecule has 0 saturated carbocycles. The van der Waals surface area contributed by atoms with E-state index in [1.165, 1.54) is 24.3 Å². The van der Waals surface area contributed by atoms with Gasteiger partial charge in [0.1, 0.15) is 29.0 Å². The molecule has 1 aliphatic rings. The van der Waals surface area contributed by atoms with Crippen molar-refractivity contribution in [3.05, 3.63) is 137 Å². The Morgan fingerprint density at radius 3 is 1.78 bits per heavy atom. The van der Waals surface area contributed by atoms with Crippen molar-refractivity contribution in [2.75, 3.05) is 27.3 Å². The fourth-order valence-corrected chi connectivity index (χ4v) is 6.40. The first kappa shape index (κ1) is 39.1. The van der Waals surface area contributed by atoms with Gasteiger partial charge in [0.05, 0.1) is 48.5 Å². The third kappa shape index (κ3) is 10.2. The maximum absolute atomic E-state index is 13.2. The fraction of sp³-hybridized carbons (Fsp3) is 0.361. The average Bonchev–Trinajstić information content (AvgIpc) is 3.81. The third-order valence-electron chi connectivity index (χ3n) is 8.85. The molecule has 0 radical (unpaired) electrons. The van der Waals surface area contributed by atoms with Gasteiger partial charge in [-0.2, -0.15) is 0 Å². The number of pyridine rings is 1. The Bertz CT molecular complexity index is 1790. The van der Waals surface area contributed by atoms with Crippen molar-refractivity contribution < 1.29 is 43.5 Å². The summed E-state index contributed by atoms with van der Waals surface area (Å²) in [5, 5.41) is 3.80. The summed E-state index contributed by atoms with van der Waals surface area (Å²) in [6, 6.07) is 16.8. The molecule has 0 amide bonds. The number of ether oxygens (including phenoxy) is 2. The second-order valence-corrected chi connectivity index (χ2v) is 12.5. The Hall–Kier alpha value is -3.67. The summed E-state index contributed by atoms with van der Waals surface area (Å²) in [7, 11) is 3.41. The van der Waals surface area contributed by atoms with E-state index in [2.05, 4.69) is 31.8 Å².